The highest BCUT2D eigenvalue weighted by atomic mass is 15.1. The minimum absolute atomic E-state index is 0.144. The van der Waals surface area contributed by atoms with Crippen molar-refractivity contribution in [3.8, 4) is 0 Å². The first kappa shape index (κ1) is 20.5. The van der Waals surface area contributed by atoms with Crippen LogP contribution in [0.4, 0.5) is 5.69 Å². The molecule has 0 radical (unpaired) electrons. The molecule has 0 N–H and O–H groups in total. The van der Waals surface area contributed by atoms with E-state index < -0.39 is 0 Å². The van der Waals surface area contributed by atoms with Gasteiger partial charge in [0.2, 0.25) is 0 Å². The topological polar surface area (TPSA) is 20.5 Å². The monoisotopic (exact) mass is 455 g/mol. The Labute approximate surface area is 204 Å². The first-order chi connectivity index (χ1) is 16.8. The maximum absolute atomic E-state index is 5.01. The predicted octanol–water partition coefficient (Wildman–Crippen LogP) is 8.19. The van der Waals surface area contributed by atoms with Gasteiger partial charge in [-0.15, -0.1) is 0 Å². The van der Waals surface area contributed by atoms with Gasteiger partial charge in [-0.05, 0) is 57.8 Å². The van der Waals surface area contributed by atoms with Crippen LogP contribution < -0.4 is 4.90 Å². The number of hydrogen-bond donors (Lipinski definition) is 0. The van der Waals surface area contributed by atoms with Crippen LogP contribution in [0.2, 0.25) is 0 Å². The zero-order chi connectivity index (χ0) is 24.1. The second kappa shape index (κ2) is 6.85. The van der Waals surface area contributed by atoms with Crippen LogP contribution in [0, 0.1) is 5.41 Å². The number of pyridine rings is 2. The smallest absolute Gasteiger partial charge is 0.0823 e. The lowest BCUT2D eigenvalue weighted by Gasteiger charge is -2.23. The van der Waals surface area contributed by atoms with Crippen molar-refractivity contribution in [2.24, 2.45) is 5.41 Å². The molecular weight excluding hydrogens is 426 g/mol. The fraction of sp³-hybridized carbons (Fsp3) is 0.219. The Bertz CT molecular complexity index is 1930. The maximum Gasteiger partial charge on any atom is 0.0823 e. The molecule has 3 heterocycles. The number of fused-ring (bicyclic) bond motifs is 7. The highest BCUT2D eigenvalue weighted by Gasteiger charge is 2.25. The molecule has 0 spiro atoms. The molecule has 3 aromatic heterocycles. The van der Waals surface area contributed by atoms with E-state index >= 15 is 0 Å². The van der Waals surface area contributed by atoms with E-state index in [1.54, 1.807) is 0 Å². The van der Waals surface area contributed by atoms with Gasteiger partial charge in [0.25, 0.3) is 0 Å². The Morgan fingerprint density at radius 2 is 1.60 bits per heavy atom. The molecule has 0 saturated heterocycles. The maximum atomic E-state index is 5.01. The molecule has 7 rings (SSSR count). The first-order valence-corrected chi connectivity index (χ1v) is 12.4. The third-order valence-corrected chi connectivity index (χ3v) is 7.45. The third-order valence-electron chi connectivity index (χ3n) is 7.45. The molecule has 0 aliphatic carbocycles. The average molecular weight is 456 g/mol. The fourth-order valence-corrected chi connectivity index (χ4v) is 6.16. The van der Waals surface area contributed by atoms with Gasteiger partial charge in [-0.1, -0.05) is 63.2 Å². The van der Waals surface area contributed by atoms with Crippen LogP contribution in [0.1, 0.15) is 26.3 Å². The van der Waals surface area contributed by atoms with Gasteiger partial charge in [-0.25, -0.2) is 0 Å². The molecule has 0 saturated carbocycles. The van der Waals surface area contributed by atoms with Crippen molar-refractivity contribution in [3.05, 3.63) is 78.5 Å². The van der Waals surface area contributed by atoms with E-state index in [0.717, 1.165) is 11.9 Å². The molecular formula is C32H29N3. The standard InChI is InChI=1S/C32H29N3/c1-32(2,3)18-24-21-10-7-6-9-20(21)17-23-29-27-19(15-16-33-29)13-14-22-28-25(34(4)5)11-8-12-26(28)35(30(23)24)31(22)27/h6-17H,18H2,1-5H3. The number of benzene rings is 4. The zero-order valence-electron chi connectivity index (χ0n) is 21.0. The lowest BCUT2D eigenvalue weighted by atomic mass is 9.84. The lowest BCUT2D eigenvalue weighted by Crippen LogP contribution is -2.11. The summed E-state index contributed by atoms with van der Waals surface area (Å²) in [7, 11) is 4.27. The number of anilines is 1. The minimum atomic E-state index is 0.144. The molecule has 4 aromatic carbocycles. The summed E-state index contributed by atoms with van der Waals surface area (Å²) < 4.78 is 2.55. The van der Waals surface area contributed by atoms with Crippen molar-refractivity contribution in [2.75, 3.05) is 19.0 Å². The Balaban J connectivity index is 1.88. The molecule has 3 heteroatoms. The minimum Gasteiger partial charge on any atom is -0.377 e. The van der Waals surface area contributed by atoms with Crippen LogP contribution in [0.15, 0.2) is 72.9 Å². The summed E-state index contributed by atoms with van der Waals surface area (Å²) in [5.41, 5.74) is 7.75. The summed E-state index contributed by atoms with van der Waals surface area (Å²) >= 11 is 0. The van der Waals surface area contributed by atoms with Crippen LogP contribution in [-0.4, -0.2) is 23.5 Å². The van der Waals surface area contributed by atoms with Gasteiger partial charge in [-0.3, -0.25) is 4.98 Å². The molecule has 3 nitrogen and oxygen atoms in total. The predicted molar refractivity (Wildman–Crippen MR) is 151 cm³/mol. The van der Waals surface area contributed by atoms with Gasteiger partial charge in [0.1, 0.15) is 0 Å². The van der Waals surface area contributed by atoms with Gasteiger partial charge in [-0.2, -0.15) is 0 Å². The van der Waals surface area contributed by atoms with Crippen molar-refractivity contribution in [1.82, 2.24) is 9.38 Å². The van der Waals surface area contributed by atoms with E-state index in [1.165, 1.54) is 65.5 Å². The van der Waals surface area contributed by atoms with Gasteiger partial charge in [0.15, 0.2) is 0 Å². The Hall–Kier alpha value is -3.85. The Morgan fingerprint density at radius 1 is 0.771 bits per heavy atom. The largest absolute Gasteiger partial charge is 0.377 e. The summed E-state index contributed by atoms with van der Waals surface area (Å²) in [6.07, 6.45) is 2.96. The third kappa shape index (κ3) is 2.75. The van der Waals surface area contributed by atoms with Gasteiger partial charge in [0, 0.05) is 47.5 Å². The Morgan fingerprint density at radius 3 is 2.40 bits per heavy atom. The molecule has 0 aliphatic rings. The molecule has 0 unspecified atom stereocenters. The first-order valence-electron chi connectivity index (χ1n) is 12.4. The van der Waals surface area contributed by atoms with Crippen molar-refractivity contribution >= 4 is 65.5 Å². The van der Waals surface area contributed by atoms with Crippen molar-refractivity contribution in [3.63, 3.8) is 0 Å². The van der Waals surface area contributed by atoms with E-state index in [9.17, 15) is 0 Å². The number of aromatic nitrogens is 2. The van der Waals surface area contributed by atoms with Crippen LogP contribution in [0.3, 0.4) is 0 Å². The van der Waals surface area contributed by atoms with Gasteiger partial charge in [0.05, 0.1) is 22.1 Å². The summed E-state index contributed by atoms with van der Waals surface area (Å²) in [6.45, 7) is 7.01. The molecule has 35 heavy (non-hydrogen) atoms. The molecule has 172 valence electrons. The second-order valence-corrected chi connectivity index (χ2v) is 11.3. The summed E-state index contributed by atoms with van der Waals surface area (Å²) in [6, 6.07) is 24.7. The number of nitrogens with zero attached hydrogens (tertiary/aromatic N) is 3. The number of hydrogen-bond acceptors (Lipinski definition) is 2. The van der Waals surface area contributed by atoms with Crippen LogP contribution >= 0.6 is 0 Å². The summed E-state index contributed by atoms with van der Waals surface area (Å²) in [5.74, 6) is 0. The van der Waals surface area contributed by atoms with Crippen molar-refractivity contribution in [2.45, 2.75) is 27.2 Å². The molecule has 0 aliphatic heterocycles. The van der Waals surface area contributed by atoms with E-state index in [-0.39, 0.29) is 5.41 Å². The SMILES string of the molecule is CN(C)c1cccc2c1c1ccc3ccnc4c5cc6ccccc6c(CC(C)(C)C)c5n2c1c34. The van der Waals surface area contributed by atoms with E-state index in [4.69, 9.17) is 4.98 Å². The highest BCUT2D eigenvalue weighted by molar-refractivity contribution is 6.30. The molecule has 0 bridgehead atoms. The zero-order valence-corrected chi connectivity index (χ0v) is 21.0. The van der Waals surface area contributed by atoms with Crippen LogP contribution in [0.5, 0.6) is 0 Å². The Kier molecular flexibility index (Phi) is 4.02. The van der Waals surface area contributed by atoms with E-state index in [2.05, 4.69) is 111 Å². The van der Waals surface area contributed by atoms with Gasteiger partial charge < -0.3 is 9.30 Å². The molecule has 0 fully saturated rings. The van der Waals surface area contributed by atoms with Crippen molar-refractivity contribution in [1.29, 1.82) is 0 Å². The van der Waals surface area contributed by atoms with E-state index in [0.29, 0.717) is 0 Å². The lowest BCUT2D eigenvalue weighted by molar-refractivity contribution is 0.413. The molecule has 0 amide bonds. The van der Waals surface area contributed by atoms with Gasteiger partial charge >= 0.3 is 0 Å². The fourth-order valence-electron chi connectivity index (χ4n) is 6.16. The quantitative estimate of drug-likeness (QED) is 0.193. The summed E-state index contributed by atoms with van der Waals surface area (Å²) in [4.78, 5) is 7.24. The molecule has 7 aromatic rings. The average Bonchev–Trinajstić information content (AvgIpc) is 3.17. The second-order valence-electron chi connectivity index (χ2n) is 11.3. The normalized spacial score (nSPS) is 12.8. The number of rotatable bonds is 2. The van der Waals surface area contributed by atoms with Crippen LogP contribution in [-0.2, 0) is 6.42 Å². The van der Waals surface area contributed by atoms with Crippen LogP contribution in [0.25, 0.3) is 59.8 Å². The molecule has 0 atom stereocenters. The highest BCUT2D eigenvalue weighted by Crippen LogP contribution is 2.45. The summed E-state index contributed by atoms with van der Waals surface area (Å²) in [5, 5.41) is 8.97. The van der Waals surface area contributed by atoms with Crippen molar-refractivity contribution < 1.29 is 0 Å². The van der Waals surface area contributed by atoms with E-state index in [1.807, 2.05) is 6.20 Å².